The van der Waals surface area contributed by atoms with Crippen molar-refractivity contribution >= 4 is 5.95 Å². The number of aliphatic hydroxyl groups is 1. The summed E-state index contributed by atoms with van der Waals surface area (Å²) < 4.78 is 4.95. The molecule has 0 aliphatic carbocycles. The van der Waals surface area contributed by atoms with Crippen LogP contribution in [-0.4, -0.2) is 28.3 Å². The van der Waals surface area contributed by atoms with Gasteiger partial charge in [0.1, 0.15) is 6.61 Å². The summed E-state index contributed by atoms with van der Waals surface area (Å²) in [4.78, 5) is 7.42. The van der Waals surface area contributed by atoms with Crippen LogP contribution in [-0.2, 0) is 0 Å². The largest absolute Gasteiger partial charge is 0.475 e. The smallest absolute Gasteiger partial charge is 0.223 e. The van der Waals surface area contributed by atoms with Crippen LogP contribution in [0.2, 0.25) is 0 Å². The van der Waals surface area contributed by atoms with Gasteiger partial charge in [-0.3, -0.25) is 0 Å². The highest BCUT2D eigenvalue weighted by Crippen LogP contribution is 2.04. The first-order chi connectivity index (χ1) is 5.33. The predicted molar refractivity (Wildman–Crippen MR) is 39.0 cm³/mol. The fraction of sp³-hybridized carbons (Fsp3) is 0.333. The Labute approximate surface area is 63.8 Å². The van der Waals surface area contributed by atoms with Gasteiger partial charge in [-0.2, -0.15) is 4.98 Å². The molecule has 11 heavy (non-hydrogen) atoms. The first-order valence-corrected chi connectivity index (χ1v) is 3.15. The molecule has 3 N–H and O–H groups in total. The molecular formula is C6H9N3O2. The number of hydrogen-bond donors (Lipinski definition) is 2. The minimum atomic E-state index is -0.0378. The van der Waals surface area contributed by atoms with Gasteiger partial charge in [-0.25, -0.2) is 4.98 Å². The maximum atomic E-state index is 8.40. The van der Waals surface area contributed by atoms with Crippen LogP contribution in [0.3, 0.4) is 0 Å². The molecule has 0 aromatic carbocycles. The topological polar surface area (TPSA) is 81.3 Å². The Hall–Kier alpha value is -1.36. The molecule has 1 rings (SSSR count). The van der Waals surface area contributed by atoms with E-state index in [-0.39, 0.29) is 19.2 Å². The summed E-state index contributed by atoms with van der Waals surface area (Å²) in [5, 5.41) is 8.40. The van der Waals surface area contributed by atoms with Crippen LogP contribution in [0.5, 0.6) is 5.88 Å². The van der Waals surface area contributed by atoms with E-state index in [9.17, 15) is 0 Å². The average molecular weight is 155 g/mol. The molecule has 0 unspecified atom stereocenters. The summed E-state index contributed by atoms with van der Waals surface area (Å²) in [6, 6.07) is 1.58. The van der Waals surface area contributed by atoms with Gasteiger partial charge in [0.2, 0.25) is 11.8 Å². The number of nitrogens with zero attached hydrogens (tertiary/aromatic N) is 2. The van der Waals surface area contributed by atoms with E-state index in [1.54, 1.807) is 6.07 Å². The fourth-order valence-electron chi connectivity index (χ4n) is 0.587. The number of aromatic nitrogens is 2. The minimum Gasteiger partial charge on any atom is -0.475 e. The number of ether oxygens (including phenoxy) is 1. The van der Waals surface area contributed by atoms with E-state index < -0.39 is 0 Å². The number of rotatable bonds is 3. The van der Waals surface area contributed by atoms with Crippen molar-refractivity contribution in [1.29, 1.82) is 0 Å². The summed E-state index contributed by atoms with van der Waals surface area (Å²) in [7, 11) is 0. The number of nitrogens with two attached hydrogens (primary N) is 1. The van der Waals surface area contributed by atoms with Gasteiger partial charge in [0.05, 0.1) is 6.61 Å². The van der Waals surface area contributed by atoms with E-state index in [1.807, 2.05) is 0 Å². The first kappa shape index (κ1) is 7.74. The summed E-state index contributed by atoms with van der Waals surface area (Å²) in [6.07, 6.45) is 1.50. The molecule has 0 spiro atoms. The first-order valence-electron chi connectivity index (χ1n) is 3.15. The van der Waals surface area contributed by atoms with Crippen LogP contribution in [0.1, 0.15) is 0 Å². The van der Waals surface area contributed by atoms with Gasteiger partial charge >= 0.3 is 0 Å². The molecule has 0 fully saturated rings. The second-order valence-corrected chi connectivity index (χ2v) is 1.83. The van der Waals surface area contributed by atoms with Crippen molar-refractivity contribution in [2.45, 2.75) is 0 Å². The normalized spacial score (nSPS) is 9.55. The van der Waals surface area contributed by atoms with Crippen molar-refractivity contribution in [2.75, 3.05) is 18.9 Å². The summed E-state index contributed by atoms with van der Waals surface area (Å²) >= 11 is 0. The third-order valence-corrected chi connectivity index (χ3v) is 0.990. The van der Waals surface area contributed by atoms with Crippen LogP contribution in [0.25, 0.3) is 0 Å². The van der Waals surface area contributed by atoms with Crippen LogP contribution in [0, 0.1) is 0 Å². The summed E-state index contributed by atoms with van der Waals surface area (Å²) in [5.41, 5.74) is 5.27. The Balaban J connectivity index is 2.56. The highest BCUT2D eigenvalue weighted by Gasteiger charge is 1.94. The van der Waals surface area contributed by atoms with Crippen LogP contribution in [0.15, 0.2) is 12.3 Å². The zero-order chi connectivity index (χ0) is 8.10. The summed E-state index contributed by atoms with van der Waals surface area (Å²) in [6.45, 7) is 0.181. The molecule has 0 saturated carbocycles. The number of anilines is 1. The van der Waals surface area contributed by atoms with E-state index in [0.717, 1.165) is 0 Å². The van der Waals surface area contributed by atoms with Crippen molar-refractivity contribution in [3.63, 3.8) is 0 Å². The Morgan fingerprint density at radius 2 is 2.45 bits per heavy atom. The highest BCUT2D eigenvalue weighted by atomic mass is 16.5. The van der Waals surface area contributed by atoms with Gasteiger partial charge in [-0.15, -0.1) is 0 Å². The molecular weight excluding hydrogens is 146 g/mol. The molecule has 0 bridgehead atoms. The molecule has 5 nitrogen and oxygen atoms in total. The van der Waals surface area contributed by atoms with Gasteiger partial charge in [-0.05, 0) is 0 Å². The minimum absolute atomic E-state index is 0.0378. The molecule has 0 amide bonds. The van der Waals surface area contributed by atoms with Crippen LogP contribution >= 0.6 is 0 Å². The fourth-order valence-corrected chi connectivity index (χ4v) is 0.587. The van der Waals surface area contributed by atoms with Gasteiger partial charge < -0.3 is 15.6 Å². The van der Waals surface area contributed by atoms with E-state index in [4.69, 9.17) is 15.6 Å². The Kier molecular flexibility index (Phi) is 2.62. The number of aliphatic hydroxyl groups excluding tert-OH is 1. The van der Waals surface area contributed by atoms with E-state index >= 15 is 0 Å². The molecule has 0 radical (unpaired) electrons. The van der Waals surface area contributed by atoms with Crippen molar-refractivity contribution < 1.29 is 9.84 Å². The third kappa shape index (κ3) is 2.38. The highest BCUT2D eigenvalue weighted by molar-refractivity contribution is 5.20. The number of nitrogen functional groups attached to an aromatic ring is 1. The quantitative estimate of drug-likeness (QED) is 0.610. The van der Waals surface area contributed by atoms with Crippen LogP contribution < -0.4 is 10.5 Å². The molecule has 0 aliphatic rings. The van der Waals surface area contributed by atoms with Gasteiger partial charge in [-0.1, -0.05) is 0 Å². The van der Waals surface area contributed by atoms with Crippen molar-refractivity contribution in [2.24, 2.45) is 0 Å². The Morgan fingerprint density at radius 3 is 3.09 bits per heavy atom. The molecule has 0 aliphatic heterocycles. The maximum absolute atomic E-state index is 8.40. The Morgan fingerprint density at radius 1 is 1.64 bits per heavy atom. The van der Waals surface area contributed by atoms with E-state index in [1.165, 1.54) is 6.20 Å². The molecule has 1 aromatic rings. The van der Waals surface area contributed by atoms with Crippen molar-refractivity contribution in [3.8, 4) is 5.88 Å². The van der Waals surface area contributed by atoms with Gasteiger partial charge in [0.25, 0.3) is 0 Å². The molecule has 5 heteroatoms. The molecule has 1 heterocycles. The third-order valence-electron chi connectivity index (χ3n) is 0.990. The monoisotopic (exact) mass is 155 g/mol. The van der Waals surface area contributed by atoms with Crippen molar-refractivity contribution in [1.82, 2.24) is 9.97 Å². The second kappa shape index (κ2) is 3.72. The standard InChI is InChI=1S/C6H9N3O2/c7-6-8-2-1-5(9-6)11-4-3-10/h1-2,10H,3-4H2,(H2,7,8,9). The van der Waals surface area contributed by atoms with E-state index in [2.05, 4.69) is 9.97 Å². The average Bonchev–Trinajstić information content (AvgIpc) is 2.01. The SMILES string of the molecule is Nc1nccc(OCCO)n1. The molecule has 0 saturated heterocycles. The maximum Gasteiger partial charge on any atom is 0.223 e. The summed E-state index contributed by atoms with van der Waals surface area (Å²) in [5.74, 6) is 0.548. The van der Waals surface area contributed by atoms with Gasteiger partial charge in [0, 0.05) is 12.3 Å². The lowest BCUT2D eigenvalue weighted by Gasteiger charge is -2.01. The van der Waals surface area contributed by atoms with Crippen molar-refractivity contribution in [3.05, 3.63) is 12.3 Å². The molecule has 60 valence electrons. The molecule has 1 aromatic heterocycles. The van der Waals surface area contributed by atoms with Gasteiger partial charge in [0.15, 0.2) is 0 Å². The number of hydrogen-bond acceptors (Lipinski definition) is 5. The zero-order valence-corrected chi connectivity index (χ0v) is 5.90. The predicted octanol–water partition coefficient (Wildman–Crippen LogP) is -0.570. The lowest BCUT2D eigenvalue weighted by atomic mass is 10.6. The lowest BCUT2D eigenvalue weighted by molar-refractivity contribution is 0.196. The Bertz CT molecular complexity index is 229. The lowest BCUT2D eigenvalue weighted by Crippen LogP contribution is -2.04. The van der Waals surface area contributed by atoms with E-state index in [0.29, 0.717) is 5.88 Å². The molecule has 0 atom stereocenters. The van der Waals surface area contributed by atoms with Crippen LogP contribution in [0.4, 0.5) is 5.95 Å². The zero-order valence-electron chi connectivity index (χ0n) is 5.90. The second-order valence-electron chi connectivity index (χ2n) is 1.83.